The molecule has 116 valence electrons. The van der Waals surface area contributed by atoms with Gasteiger partial charge in [-0.1, -0.05) is 23.4 Å². The average Bonchev–Trinajstić information content (AvgIpc) is 3.02. The van der Waals surface area contributed by atoms with E-state index in [1.807, 2.05) is 36.7 Å². The molecule has 6 nitrogen and oxygen atoms in total. The van der Waals surface area contributed by atoms with Gasteiger partial charge in [0.05, 0.1) is 12.2 Å². The zero-order chi connectivity index (χ0) is 15.5. The highest BCUT2D eigenvalue weighted by molar-refractivity contribution is 6.03. The number of aromatic nitrogens is 3. The second-order valence-corrected chi connectivity index (χ2v) is 5.79. The smallest absolute Gasteiger partial charge is 0.277 e. The lowest BCUT2D eigenvalue weighted by Gasteiger charge is -2.22. The maximum atomic E-state index is 12.4. The lowest BCUT2D eigenvalue weighted by atomic mass is 10.1. The molecule has 0 unspecified atom stereocenters. The number of rotatable bonds is 3. The number of piperidine rings is 1. The van der Waals surface area contributed by atoms with E-state index >= 15 is 0 Å². The van der Waals surface area contributed by atoms with Gasteiger partial charge in [-0.15, -0.1) is 5.10 Å². The van der Waals surface area contributed by atoms with E-state index in [2.05, 4.69) is 20.9 Å². The Morgan fingerprint density at radius 2 is 1.95 bits per heavy atom. The Kier molecular flexibility index (Phi) is 4.20. The standard InChI is InChI=1S/C16H21N5O/c1-11-4-3-5-12(2)15(11)18-16(22)14-10-21(20-19-14)13-6-8-17-9-7-13/h3-5,10,13,17H,6-9H2,1-2H3,(H,18,22). The van der Waals surface area contributed by atoms with Gasteiger partial charge >= 0.3 is 0 Å². The van der Waals surface area contributed by atoms with E-state index in [0.717, 1.165) is 42.7 Å². The van der Waals surface area contributed by atoms with Crippen LogP contribution < -0.4 is 10.6 Å². The number of nitrogens with zero attached hydrogens (tertiary/aromatic N) is 3. The average molecular weight is 299 g/mol. The molecule has 2 aromatic rings. The van der Waals surface area contributed by atoms with E-state index in [1.54, 1.807) is 6.20 Å². The molecule has 0 radical (unpaired) electrons. The number of hydrogen-bond donors (Lipinski definition) is 2. The second-order valence-electron chi connectivity index (χ2n) is 5.79. The van der Waals surface area contributed by atoms with Crippen LogP contribution in [0.5, 0.6) is 0 Å². The van der Waals surface area contributed by atoms with Gasteiger partial charge in [-0.25, -0.2) is 4.68 Å². The van der Waals surface area contributed by atoms with Gasteiger partial charge in [-0.05, 0) is 50.9 Å². The maximum absolute atomic E-state index is 12.4. The molecule has 0 bridgehead atoms. The van der Waals surface area contributed by atoms with Gasteiger partial charge in [0.1, 0.15) is 0 Å². The number of aryl methyl sites for hydroxylation is 2. The topological polar surface area (TPSA) is 71.8 Å². The van der Waals surface area contributed by atoms with E-state index in [9.17, 15) is 4.79 Å². The highest BCUT2D eigenvalue weighted by Gasteiger charge is 2.19. The number of amides is 1. The molecule has 2 heterocycles. The Hall–Kier alpha value is -2.21. The van der Waals surface area contributed by atoms with Crippen LogP contribution in [-0.4, -0.2) is 34.0 Å². The third-order valence-corrected chi connectivity index (χ3v) is 4.15. The number of carbonyl (C=O) groups is 1. The van der Waals surface area contributed by atoms with Crippen molar-refractivity contribution in [3.8, 4) is 0 Å². The van der Waals surface area contributed by atoms with Gasteiger partial charge in [-0.2, -0.15) is 0 Å². The Bertz CT molecular complexity index is 653. The van der Waals surface area contributed by atoms with Gasteiger partial charge in [0, 0.05) is 5.69 Å². The van der Waals surface area contributed by atoms with E-state index in [0.29, 0.717) is 11.7 Å². The van der Waals surface area contributed by atoms with Crippen LogP contribution in [0.15, 0.2) is 24.4 Å². The minimum atomic E-state index is -0.211. The zero-order valence-corrected chi connectivity index (χ0v) is 13.0. The monoisotopic (exact) mass is 299 g/mol. The summed E-state index contributed by atoms with van der Waals surface area (Å²) >= 11 is 0. The normalized spacial score (nSPS) is 15.7. The quantitative estimate of drug-likeness (QED) is 0.910. The zero-order valence-electron chi connectivity index (χ0n) is 13.0. The van der Waals surface area contributed by atoms with Crippen molar-refractivity contribution in [3.05, 3.63) is 41.2 Å². The molecule has 1 saturated heterocycles. The Morgan fingerprint density at radius 1 is 1.27 bits per heavy atom. The van der Waals surface area contributed by atoms with E-state index in [1.165, 1.54) is 0 Å². The molecule has 1 amide bonds. The predicted octanol–water partition coefficient (Wildman–Crippen LogP) is 2.07. The van der Waals surface area contributed by atoms with Gasteiger partial charge in [0.25, 0.3) is 5.91 Å². The molecule has 3 rings (SSSR count). The summed E-state index contributed by atoms with van der Waals surface area (Å²) in [6.07, 6.45) is 3.78. The summed E-state index contributed by atoms with van der Waals surface area (Å²) < 4.78 is 1.82. The highest BCUT2D eigenvalue weighted by atomic mass is 16.2. The van der Waals surface area contributed by atoms with Gasteiger partial charge in [0.15, 0.2) is 5.69 Å². The molecule has 2 N–H and O–H groups in total. The van der Waals surface area contributed by atoms with Crippen molar-refractivity contribution in [1.82, 2.24) is 20.3 Å². The second kappa shape index (κ2) is 6.27. The lowest BCUT2D eigenvalue weighted by molar-refractivity contribution is 0.102. The van der Waals surface area contributed by atoms with Crippen LogP contribution in [0.1, 0.15) is 40.5 Å². The van der Waals surface area contributed by atoms with Crippen molar-refractivity contribution in [2.24, 2.45) is 0 Å². The molecule has 6 heteroatoms. The van der Waals surface area contributed by atoms with Crippen molar-refractivity contribution in [3.63, 3.8) is 0 Å². The molecule has 0 atom stereocenters. The first-order valence-electron chi connectivity index (χ1n) is 7.65. The summed E-state index contributed by atoms with van der Waals surface area (Å²) in [5.41, 5.74) is 3.29. The fraction of sp³-hybridized carbons (Fsp3) is 0.438. The summed E-state index contributed by atoms with van der Waals surface area (Å²) in [6.45, 7) is 5.92. The third-order valence-electron chi connectivity index (χ3n) is 4.15. The summed E-state index contributed by atoms with van der Waals surface area (Å²) in [4.78, 5) is 12.4. The minimum absolute atomic E-state index is 0.211. The Labute approximate surface area is 129 Å². The van der Waals surface area contributed by atoms with Crippen LogP contribution in [0.4, 0.5) is 5.69 Å². The summed E-state index contributed by atoms with van der Waals surface area (Å²) in [5, 5.41) is 14.4. The van der Waals surface area contributed by atoms with E-state index in [-0.39, 0.29) is 5.91 Å². The third kappa shape index (κ3) is 3.01. The molecule has 1 aliphatic rings. The molecular formula is C16H21N5O. The van der Waals surface area contributed by atoms with E-state index < -0.39 is 0 Å². The van der Waals surface area contributed by atoms with Crippen LogP contribution >= 0.6 is 0 Å². The van der Waals surface area contributed by atoms with Crippen molar-refractivity contribution >= 4 is 11.6 Å². The van der Waals surface area contributed by atoms with Gasteiger partial charge in [-0.3, -0.25) is 4.79 Å². The number of anilines is 1. The number of nitrogens with one attached hydrogen (secondary N) is 2. The maximum Gasteiger partial charge on any atom is 0.277 e. The Morgan fingerprint density at radius 3 is 2.64 bits per heavy atom. The first kappa shape index (κ1) is 14.7. The van der Waals surface area contributed by atoms with Crippen molar-refractivity contribution in [2.45, 2.75) is 32.7 Å². The van der Waals surface area contributed by atoms with E-state index in [4.69, 9.17) is 0 Å². The number of benzene rings is 1. The Balaban J connectivity index is 1.74. The summed E-state index contributed by atoms with van der Waals surface area (Å²) in [5.74, 6) is -0.211. The highest BCUT2D eigenvalue weighted by Crippen LogP contribution is 2.21. The molecule has 0 aliphatic carbocycles. The molecule has 0 spiro atoms. The minimum Gasteiger partial charge on any atom is -0.320 e. The van der Waals surface area contributed by atoms with Crippen molar-refractivity contribution in [2.75, 3.05) is 18.4 Å². The molecule has 22 heavy (non-hydrogen) atoms. The molecule has 1 aromatic carbocycles. The largest absolute Gasteiger partial charge is 0.320 e. The predicted molar refractivity (Wildman–Crippen MR) is 85.0 cm³/mol. The van der Waals surface area contributed by atoms with Crippen LogP contribution in [-0.2, 0) is 0 Å². The summed E-state index contributed by atoms with van der Waals surface area (Å²) in [6, 6.07) is 6.27. The van der Waals surface area contributed by atoms with Crippen LogP contribution in [0.3, 0.4) is 0 Å². The summed E-state index contributed by atoms with van der Waals surface area (Å²) in [7, 11) is 0. The SMILES string of the molecule is Cc1cccc(C)c1NC(=O)c1cn(C2CCNCC2)nn1. The number of hydrogen-bond acceptors (Lipinski definition) is 4. The number of carbonyl (C=O) groups excluding carboxylic acids is 1. The van der Waals surface area contributed by atoms with Crippen molar-refractivity contribution in [1.29, 1.82) is 0 Å². The lowest BCUT2D eigenvalue weighted by Crippen LogP contribution is -2.29. The molecule has 1 aromatic heterocycles. The fourth-order valence-corrected chi connectivity index (χ4v) is 2.82. The van der Waals surface area contributed by atoms with Gasteiger partial charge < -0.3 is 10.6 Å². The van der Waals surface area contributed by atoms with Crippen molar-refractivity contribution < 1.29 is 4.79 Å². The fourth-order valence-electron chi connectivity index (χ4n) is 2.82. The molecule has 0 saturated carbocycles. The van der Waals surface area contributed by atoms with Gasteiger partial charge in [0.2, 0.25) is 0 Å². The molecule has 1 aliphatic heterocycles. The number of para-hydroxylation sites is 1. The molecule has 1 fully saturated rings. The molecular weight excluding hydrogens is 278 g/mol. The van der Waals surface area contributed by atoms with Crippen LogP contribution in [0.25, 0.3) is 0 Å². The van der Waals surface area contributed by atoms with Crippen LogP contribution in [0.2, 0.25) is 0 Å². The first-order valence-corrected chi connectivity index (χ1v) is 7.65. The van der Waals surface area contributed by atoms with Crippen LogP contribution in [0, 0.1) is 13.8 Å². The first-order chi connectivity index (χ1) is 10.6.